The number of hydrogen-bond donors (Lipinski definition) is 0. The van der Waals surface area contributed by atoms with E-state index < -0.39 is 23.6 Å². The zero-order valence-electron chi connectivity index (χ0n) is 32.1. The predicted octanol–water partition coefficient (Wildman–Crippen LogP) is 8.49. The number of nitriles is 2. The van der Waals surface area contributed by atoms with Gasteiger partial charge in [-0.3, -0.25) is 4.79 Å². The number of hydrogen-bond acceptors (Lipinski definition) is 8. The summed E-state index contributed by atoms with van der Waals surface area (Å²) in [6, 6.07) is 25.6. The molecule has 0 spiro atoms. The van der Waals surface area contributed by atoms with Crippen molar-refractivity contribution in [3.63, 3.8) is 0 Å². The van der Waals surface area contributed by atoms with E-state index in [4.69, 9.17) is 4.98 Å². The summed E-state index contributed by atoms with van der Waals surface area (Å²) >= 11 is 0. The van der Waals surface area contributed by atoms with Gasteiger partial charge in [-0.05, 0) is 121 Å². The maximum Gasteiger partial charge on any atom is 0.282 e. The lowest BCUT2D eigenvalue weighted by Crippen LogP contribution is -2.67. The van der Waals surface area contributed by atoms with Gasteiger partial charge in [-0.2, -0.15) is 10.5 Å². The number of likely N-dealkylation sites (N-methyl/N-ethyl adjacent to an activating group) is 1. The number of amides is 1. The van der Waals surface area contributed by atoms with Crippen LogP contribution in [-0.4, -0.2) is 81.0 Å². The number of halogens is 2. The number of aromatic nitrogens is 4. The first-order valence-electron chi connectivity index (χ1n) is 19.0. The van der Waals surface area contributed by atoms with Crippen LogP contribution in [0.1, 0.15) is 43.4 Å². The van der Waals surface area contributed by atoms with Crippen molar-refractivity contribution in [2.24, 2.45) is 0 Å². The minimum atomic E-state index is -1.06. The maximum atomic E-state index is 17.5. The van der Waals surface area contributed by atoms with Gasteiger partial charge in [0.25, 0.3) is 5.91 Å². The Labute approximate surface area is 327 Å². The van der Waals surface area contributed by atoms with Crippen LogP contribution in [0.25, 0.3) is 65.4 Å². The average Bonchev–Trinajstić information content (AvgIpc) is 3.63. The summed E-state index contributed by atoms with van der Waals surface area (Å²) in [5.74, 6) is -1.78. The number of carbonyl (C=O) groups is 1. The predicted molar refractivity (Wildman–Crippen MR) is 219 cm³/mol. The fourth-order valence-corrected chi connectivity index (χ4v) is 8.95. The molecule has 5 aromatic carbocycles. The standard InChI is InChI=1S/C45H39F2N9O/c1-25-15-37-40(39(47)38(25)29-10-9-27-16-33-20-36-28(7-6-8-30(36)22-49)17-32(33)19-31(27)18-29)50-43(54-23-45(3,24-54)53(4)5)41-42(37)56(52-51-41)35-12-14-55(44(57)26(2)46)34(21-35)11-13-48/h6-10,15-20,34-35H,2,11-12,14,21,23-24H2,1,3-5H3/t34-,35+/m1/s1. The number of aryl methyl sites for hydroxylation is 1. The average molecular weight is 760 g/mol. The van der Waals surface area contributed by atoms with Crippen LogP contribution in [0.5, 0.6) is 0 Å². The van der Waals surface area contributed by atoms with Crippen molar-refractivity contribution in [3.05, 3.63) is 96.1 Å². The number of carbonyl (C=O) groups excluding carboxylic acids is 1. The van der Waals surface area contributed by atoms with E-state index in [1.807, 2.05) is 63.5 Å². The highest BCUT2D eigenvalue weighted by molar-refractivity contribution is 6.10. The lowest BCUT2D eigenvalue weighted by Gasteiger charge is -2.52. The zero-order chi connectivity index (χ0) is 39.9. The van der Waals surface area contributed by atoms with Crippen LogP contribution in [0.15, 0.2) is 79.1 Å². The normalized spacial score (nSPS) is 18.1. The van der Waals surface area contributed by atoms with Crippen molar-refractivity contribution in [2.75, 3.05) is 38.6 Å². The third kappa shape index (κ3) is 5.74. The van der Waals surface area contributed by atoms with Crippen molar-refractivity contribution in [3.8, 4) is 23.3 Å². The molecule has 57 heavy (non-hydrogen) atoms. The molecule has 2 saturated heterocycles. The zero-order valence-corrected chi connectivity index (χ0v) is 32.1. The minimum Gasteiger partial charge on any atom is -0.351 e. The summed E-state index contributed by atoms with van der Waals surface area (Å²) in [5, 5.41) is 35.1. The molecule has 0 unspecified atom stereocenters. The van der Waals surface area contributed by atoms with Gasteiger partial charge in [0.1, 0.15) is 11.0 Å². The second-order valence-corrected chi connectivity index (χ2v) is 16.0. The Morgan fingerprint density at radius 1 is 0.982 bits per heavy atom. The first kappa shape index (κ1) is 36.2. The van der Waals surface area contributed by atoms with Crippen LogP contribution in [-0.2, 0) is 4.79 Å². The Bertz CT molecular complexity index is 2950. The molecule has 1 amide bonds. The van der Waals surface area contributed by atoms with Crippen molar-refractivity contribution < 1.29 is 13.6 Å². The van der Waals surface area contributed by atoms with Gasteiger partial charge in [-0.25, -0.2) is 18.4 Å². The number of pyridine rings is 1. The second-order valence-electron chi connectivity index (χ2n) is 16.0. The number of likely N-dealkylation sites (tertiary alicyclic amines) is 1. The van der Waals surface area contributed by atoms with Crippen LogP contribution in [0.3, 0.4) is 0 Å². The number of anilines is 1. The lowest BCUT2D eigenvalue weighted by atomic mass is 9.90. The van der Waals surface area contributed by atoms with E-state index in [0.717, 1.165) is 37.9 Å². The van der Waals surface area contributed by atoms with Crippen molar-refractivity contribution in [2.45, 2.75) is 50.7 Å². The van der Waals surface area contributed by atoms with Gasteiger partial charge >= 0.3 is 0 Å². The Balaban J connectivity index is 1.19. The molecule has 4 heterocycles. The van der Waals surface area contributed by atoms with Crippen molar-refractivity contribution in [1.29, 1.82) is 10.5 Å². The first-order chi connectivity index (χ1) is 27.4. The molecule has 0 aliphatic carbocycles. The molecule has 2 aliphatic heterocycles. The summed E-state index contributed by atoms with van der Waals surface area (Å²) in [7, 11) is 4.08. The number of piperidine rings is 1. The Morgan fingerprint density at radius 2 is 1.72 bits per heavy atom. The summed E-state index contributed by atoms with van der Waals surface area (Å²) in [6.07, 6.45) is 0.790. The summed E-state index contributed by atoms with van der Waals surface area (Å²) in [4.78, 5) is 23.4. The molecule has 0 bridgehead atoms. The van der Waals surface area contributed by atoms with Crippen molar-refractivity contribution in [1.82, 2.24) is 29.8 Å². The largest absolute Gasteiger partial charge is 0.351 e. The van der Waals surface area contributed by atoms with Gasteiger partial charge in [0.05, 0.1) is 35.7 Å². The highest BCUT2D eigenvalue weighted by Crippen LogP contribution is 2.42. The van der Waals surface area contributed by atoms with Crippen LogP contribution >= 0.6 is 0 Å². The first-order valence-corrected chi connectivity index (χ1v) is 19.0. The van der Waals surface area contributed by atoms with E-state index in [1.54, 1.807) is 4.68 Å². The minimum absolute atomic E-state index is 0.0178. The molecule has 2 aliphatic rings. The molecule has 0 N–H and O–H groups in total. The summed E-state index contributed by atoms with van der Waals surface area (Å²) in [5.41, 5.74) is 3.79. The third-order valence-corrected chi connectivity index (χ3v) is 12.3. The highest BCUT2D eigenvalue weighted by Gasteiger charge is 2.43. The topological polar surface area (TPSA) is 118 Å². The van der Waals surface area contributed by atoms with Gasteiger partial charge in [-0.1, -0.05) is 36.1 Å². The molecule has 10 nitrogen and oxygen atoms in total. The Hall–Kier alpha value is -6.50. The summed E-state index contributed by atoms with van der Waals surface area (Å²) in [6.45, 7) is 8.77. The number of nitrogens with zero attached hydrogens (tertiary/aromatic N) is 9. The maximum absolute atomic E-state index is 17.5. The monoisotopic (exact) mass is 759 g/mol. The molecule has 284 valence electrons. The van der Waals surface area contributed by atoms with Gasteiger partial charge in [0.15, 0.2) is 23.0 Å². The molecule has 7 aromatic rings. The van der Waals surface area contributed by atoms with E-state index in [2.05, 4.69) is 70.0 Å². The smallest absolute Gasteiger partial charge is 0.282 e. The highest BCUT2D eigenvalue weighted by atomic mass is 19.1. The molecule has 0 radical (unpaired) electrons. The molecular weight excluding hydrogens is 721 g/mol. The van der Waals surface area contributed by atoms with E-state index in [0.29, 0.717) is 64.9 Å². The summed E-state index contributed by atoms with van der Waals surface area (Å²) < 4.78 is 33.3. The lowest BCUT2D eigenvalue weighted by molar-refractivity contribution is -0.132. The molecule has 2 aromatic heterocycles. The molecule has 2 fully saturated rings. The van der Waals surface area contributed by atoms with Gasteiger partial charge < -0.3 is 14.7 Å². The quantitative estimate of drug-likeness (QED) is 0.122. The van der Waals surface area contributed by atoms with Crippen LogP contribution in [0.2, 0.25) is 0 Å². The van der Waals surface area contributed by atoms with Crippen molar-refractivity contribution >= 4 is 66.0 Å². The van der Waals surface area contributed by atoms with E-state index in [1.165, 1.54) is 4.90 Å². The number of benzene rings is 5. The third-order valence-electron chi connectivity index (χ3n) is 12.3. The van der Waals surface area contributed by atoms with Crippen LogP contribution in [0.4, 0.5) is 14.6 Å². The fourth-order valence-electron chi connectivity index (χ4n) is 8.95. The Morgan fingerprint density at radius 3 is 2.46 bits per heavy atom. The molecule has 12 heteroatoms. The van der Waals surface area contributed by atoms with Crippen LogP contribution in [0, 0.1) is 35.4 Å². The molecule has 0 saturated carbocycles. The van der Waals surface area contributed by atoms with E-state index in [9.17, 15) is 19.7 Å². The molecular formula is C45H39F2N9O. The second kappa shape index (κ2) is 13.3. The van der Waals surface area contributed by atoms with Gasteiger partial charge in [0.2, 0.25) is 0 Å². The number of fused-ring (bicyclic) bond motifs is 6. The van der Waals surface area contributed by atoms with E-state index in [-0.39, 0.29) is 30.1 Å². The number of rotatable bonds is 6. The van der Waals surface area contributed by atoms with Crippen LogP contribution < -0.4 is 4.90 Å². The molecule has 2 atom stereocenters. The Kier molecular flexibility index (Phi) is 8.45. The van der Waals surface area contributed by atoms with Gasteiger partial charge in [-0.15, -0.1) is 5.10 Å². The SMILES string of the molecule is C=C(F)C(=O)N1CC[C@H](n2nnc3c(N4CC(C)(N(C)C)C4)nc4c(F)c(-c5ccc6cc7cc8c(C#N)cccc8cc7cc6c5)c(C)cc4c32)C[C@H]1CC#N. The molecule has 9 rings (SSSR count). The van der Waals surface area contributed by atoms with E-state index >= 15 is 4.39 Å². The fraction of sp³-hybridized carbons (Fsp3) is 0.289. The van der Waals surface area contributed by atoms with Gasteiger partial charge in [0, 0.05) is 42.0 Å².